The fourth-order valence-electron chi connectivity index (χ4n) is 2.51. The Morgan fingerprint density at radius 3 is 2.07 bits per heavy atom. The van der Waals surface area contributed by atoms with E-state index < -0.39 is 5.54 Å². The number of carbonyl (C=O) groups is 1. The molecule has 0 aromatic rings. The number of hydrogen-bond donors (Lipinski definition) is 2. The molecule has 0 radical (unpaired) electrons. The first-order valence-electron chi connectivity index (χ1n) is 4.75. The van der Waals surface area contributed by atoms with Gasteiger partial charge in [-0.3, -0.25) is 9.69 Å². The number of ketones is 1. The Hall–Kier alpha value is -0.160. The van der Waals surface area contributed by atoms with Crippen molar-refractivity contribution in [2.45, 2.75) is 18.4 Å². The Morgan fingerprint density at radius 1 is 1.29 bits per heavy atom. The van der Waals surface area contributed by atoms with Crippen LogP contribution in [-0.4, -0.2) is 52.7 Å². The highest BCUT2D eigenvalue weighted by molar-refractivity contribution is 5.92. The molecule has 0 atom stereocenters. The predicted molar refractivity (Wildman–Crippen MR) is 53.5 cm³/mol. The smallest absolute Gasteiger partial charge is 0.160 e. The predicted octanol–water partition coefficient (Wildman–Crippen LogP) is -0.574. The number of fused-ring (bicyclic) bond motifs is 3. The van der Waals surface area contributed by atoms with Gasteiger partial charge in [-0.05, 0) is 25.9 Å². The van der Waals surface area contributed by atoms with E-state index in [-0.39, 0.29) is 37.3 Å². The van der Waals surface area contributed by atoms with E-state index in [1.165, 1.54) is 0 Å². The Balaban J connectivity index is 0.000000980. The highest BCUT2D eigenvalue weighted by Gasteiger charge is 2.52. The van der Waals surface area contributed by atoms with Crippen LogP contribution >= 0.6 is 12.4 Å². The lowest BCUT2D eigenvalue weighted by Gasteiger charge is -2.51. The molecule has 3 aliphatic heterocycles. The van der Waals surface area contributed by atoms with Crippen LogP contribution in [0.25, 0.3) is 0 Å². The molecule has 0 aliphatic carbocycles. The van der Waals surface area contributed by atoms with Gasteiger partial charge in [-0.2, -0.15) is 0 Å². The van der Waals surface area contributed by atoms with Crippen LogP contribution in [0.4, 0.5) is 0 Å². The lowest BCUT2D eigenvalue weighted by molar-refractivity contribution is -0.156. The van der Waals surface area contributed by atoms with Crippen LogP contribution in [0.1, 0.15) is 12.8 Å². The molecule has 0 saturated carbocycles. The van der Waals surface area contributed by atoms with Crippen molar-refractivity contribution in [3.05, 3.63) is 0 Å². The van der Waals surface area contributed by atoms with Gasteiger partial charge in [0.05, 0.1) is 13.2 Å². The zero-order valence-electron chi connectivity index (χ0n) is 7.98. The molecule has 3 rings (SSSR count). The van der Waals surface area contributed by atoms with Crippen molar-refractivity contribution in [2.24, 2.45) is 5.92 Å². The minimum atomic E-state index is -0.957. The molecule has 3 saturated heterocycles. The zero-order valence-corrected chi connectivity index (χ0v) is 8.79. The molecule has 3 aliphatic rings. The van der Waals surface area contributed by atoms with E-state index in [0.717, 1.165) is 25.9 Å². The largest absolute Gasteiger partial charge is 0.394 e. The highest BCUT2D eigenvalue weighted by atomic mass is 35.5. The molecule has 0 unspecified atom stereocenters. The summed E-state index contributed by atoms with van der Waals surface area (Å²) in [4.78, 5) is 13.7. The van der Waals surface area contributed by atoms with Gasteiger partial charge >= 0.3 is 0 Å². The Bertz CT molecular complexity index is 222. The fourth-order valence-corrected chi connectivity index (χ4v) is 2.51. The number of hydrogen-bond acceptors (Lipinski definition) is 4. The molecule has 82 valence electrons. The summed E-state index contributed by atoms with van der Waals surface area (Å²) in [7, 11) is 0. The van der Waals surface area contributed by atoms with Crippen LogP contribution in [0.5, 0.6) is 0 Å². The maximum atomic E-state index is 11.8. The average molecular weight is 222 g/mol. The van der Waals surface area contributed by atoms with Crippen molar-refractivity contribution >= 4 is 18.2 Å². The molecule has 0 aromatic heterocycles. The number of Topliss-reactive ketones (excluding diaryl/α,β-unsaturated/α-hetero) is 1. The van der Waals surface area contributed by atoms with E-state index in [2.05, 4.69) is 0 Å². The number of aliphatic hydroxyl groups excluding tert-OH is 2. The van der Waals surface area contributed by atoms with Gasteiger partial charge in [0.2, 0.25) is 0 Å². The van der Waals surface area contributed by atoms with Crippen molar-refractivity contribution in [1.82, 2.24) is 4.90 Å². The minimum Gasteiger partial charge on any atom is -0.394 e. The van der Waals surface area contributed by atoms with Crippen molar-refractivity contribution in [3.8, 4) is 0 Å². The molecule has 3 fully saturated rings. The summed E-state index contributed by atoms with van der Waals surface area (Å²) < 4.78 is 0. The molecule has 14 heavy (non-hydrogen) atoms. The van der Waals surface area contributed by atoms with Crippen molar-refractivity contribution in [1.29, 1.82) is 0 Å². The molecular weight excluding hydrogens is 206 g/mol. The van der Waals surface area contributed by atoms with Gasteiger partial charge in [0.25, 0.3) is 0 Å². The Labute approximate surface area is 89.3 Å². The Morgan fingerprint density at radius 2 is 1.79 bits per heavy atom. The van der Waals surface area contributed by atoms with Gasteiger partial charge in [-0.25, -0.2) is 0 Å². The first kappa shape index (κ1) is 11.9. The molecule has 4 nitrogen and oxygen atoms in total. The maximum absolute atomic E-state index is 11.8. The van der Waals surface area contributed by atoms with Crippen LogP contribution in [0, 0.1) is 5.92 Å². The van der Waals surface area contributed by atoms with Gasteiger partial charge in [0.15, 0.2) is 5.78 Å². The van der Waals surface area contributed by atoms with Gasteiger partial charge in [0, 0.05) is 5.92 Å². The summed E-state index contributed by atoms with van der Waals surface area (Å²) in [5.74, 6) is 0.110. The summed E-state index contributed by atoms with van der Waals surface area (Å²) in [6.45, 7) is 1.16. The third-order valence-electron chi connectivity index (χ3n) is 3.45. The lowest BCUT2D eigenvalue weighted by Crippen LogP contribution is -2.68. The maximum Gasteiger partial charge on any atom is 0.160 e. The minimum absolute atomic E-state index is 0. The fraction of sp³-hybridized carbons (Fsp3) is 0.889. The van der Waals surface area contributed by atoms with E-state index in [0.29, 0.717) is 0 Å². The van der Waals surface area contributed by atoms with Gasteiger partial charge in [-0.15, -0.1) is 12.4 Å². The third kappa shape index (κ3) is 1.37. The summed E-state index contributed by atoms with van der Waals surface area (Å²) in [5, 5.41) is 18.4. The first-order valence-corrected chi connectivity index (χ1v) is 4.75. The number of halogens is 1. The van der Waals surface area contributed by atoms with Crippen LogP contribution in [0.3, 0.4) is 0 Å². The average Bonchev–Trinajstić information content (AvgIpc) is 2.21. The van der Waals surface area contributed by atoms with Crippen LogP contribution in [0.2, 0.25) is 0 Å². The third-order valence-corrected chi connectivity index (χ3v) is 3.45. The zero-order chi connectivity index (χ0) is 9.47. The van der Waals surface area contributed by atoms with Gasteiger partial charge in [0.1, 0.15) is 5.54 Å². The summed E-state index contributed by atoms with van der Waals surface area (Å²) >= 11 is 0. The molecule has 3 heterocycles. The molecule has 2 bridgehead atoms. The van der Waals surface area contributed by atoms with Gasteiger partial charge in [-0.1, -0.05) is 0 Å². The number of piperidine rings is 3. The van der Waals surface area contributed by atoms with E-state index >= 15 is 0 Å². The highest BCUT2D eigenvalue weighted by Crippen LogP contribution is 2.35. The standard InChI is InChI=1S/C9H15NO3.ClH/c11-5-9(6-12)8(13)7-1-3-10(9)4-2-7;/h7,11-12H,1-6H2;1H. The number of carbonyl (C=O) groups excluding carboxylic acids is 1. The second-order valence-electron chi connectivity index (χ2n) is 3.97. The second-order valence-corrected chi connectivity index (χ2v) is 3.97. The lowest BCUT2D eigenvalue weighted by atomic mass is 9.74. The molecule has 5 heteroatoms. The number of nitrogens with zero attached hydrogens (tertiary/aromatic N) is 1. The second kappa shape index (κ2) is 4.14. The monoisotopic (exact) mass is 221 g/mol. The summed E-state index contributed by atoms with van der Waals surface area (Å²) in [6.07, 6.45) is 1.78. The molecule has 0 spiro atoms. The van der Waals surface area contributed by atoms with E-state index in [4.69, 9.17) is 0 Å². The van der Waals surface area contributed by atoms with E-state index in [9.17, 15) is 15.0 Å². The molecule has 0 amide bonds. The topological polar surface area (TPSA) is 60.8 Å². The molecule has 2 N–H and O–H groups in total. The van der Waals surface area contributed by atoms with E-state index in [1.807, 2.05) is 4.90 Å². The van der Waals surface area contributed by atoms with Crippen molar-refractivity contribution in [2.75, 3.05) is 26.3 Å². The van der Waals surface area contributed by atoms with Crippen LogP contribution in [-0.2, 0) is 4.79 Å². The van der Waals surface area contributed by atoms with Crippen molar-refractivity contribution in [3.63, 3.8) is 0 Å². The van der Waals surface area contributed by atoms with E-state index in [1.54, 1.807) is 0 Å². The van der Waals surface area contributed by atoms with Crippen LogP contribution in [0.15, 0.2) is 0 Å². The quantitative estimate of drug-likeness (QED) is 0.656. The normalized spacial score (nSPS) is 34.0. The Kier molecular flexibility index (Phi) is 3.53. The van der Waals surface area contributed by atoms with Crippen LogP contribution < -0.4 is 0 Å². The summed E-state index contributed by atoms with van der Waals surface area (Å²) in [6, 6.07) is 0. The number of aliphatic hydroxyl groups is 2. The molecule has 0 aromatic carbocycles. The van der Waals surface area contributed by atoms with Crippen molar-refractivity contribution < 1.29 is 15.0 Å². The van der Waals surface area contributed by atoms with Gasteiger partial charge < -0.3 is 10.2 Å². The SMILES string of the molecule is Cl.O=C1C2CCN(CC2)C1(CO)CO. The number of rotatable bonds is 2. The summed E-state index contributed by atoms with van der Waals surface area (Å²) in [5.41, 5.74) is -0.957. The first-order chi connectivity index (χ1) is 6.24. The molecular formula is C9H16ClNO3.